The molecule has 0 aromatic heterocycles. The topological polar surface area (TPSA) is 81.0 Å². The van der Waals surface area contributed by atoms with Gasteiger partial charge in [-0.1, -0.05) is 0 Å². The summed E-state index contributed by atoms with van der Waals surface area (Å²) in [4.78, 5) is 12.8. The van der Waals surface area contributed by atoms with E-state index in [2.05, 4.69) is 0 Å². The zero-order valence-corrected chi connectivity index (χ0v) is 9.33. The van der Waals surface area contributed by atoms with E-state index >= 15 is 0 Å². The number of hydrogen-bond acceptors (Lipinski definition) is 4. The molecule has 0 bridgehead atoms. The van der Waals surface area contributed by atoms with Crippen molar-refractivity contribution in [2.75, 3.05) is 18.0 Å². The van der Waals surface area contributed by atoms with Crippen LogP contribution in [0.25, 0.3) is 0 Å². The number of nitrogens with zero attached hydrogens (tertiary/aromatic N) is 1. The van der Waals surface area contributed by atoms with Crippen molar-refractivity contribution < 1.29 is 20.1 Å². The van der Waals surface area contributed by atoms with E-state index in [-0.39, 0.29) is 18.7 Å². The number of piperidine rings is 1. The average Bonchev–Trinajstić information content (AvgIpc) is 2.30. The number of hydrogen-bond donors (Lipinski definition) is 3. The van der Waals surface area contributed by atoms with Gasteiger partial charge in [-0.2, -0.15) is 0 Å². The van der Waals surface area contributed by atoms with E-state index in [9.17, 15) is 15.0 Å². The van der Waals surface area contributed by atoms with Crippen molar-refractivity contribution in [2.45, 2.75) is 18.4 Å². The Morgan fingerprint density at radius 2 is 1.94 bits per heavy atom. The predicted octanol–water partition coefficient (Wildman–Crippen LogP) is 0.808. The molecule has 5 nitrogen and oxygen atoms in total. The molecule has 1 saturated heterocycles. The Bertz CT molecular complexity index is 417. The van der Waals surface area contributed by atoms with Crippen molar-refractivity contribution in [3.63, 3.8) is 0 Å². The summed E-state index contributed by atoms with van der Waals surface area (Å²) >= 11 is 0. The van der Waals surface area contributed by atoms with E-state index < -0.39 is 11.6 Å². The van der Waals surface area contributed by atoms with Gasteiger partial charge in [0.1, 0.15) is 5.75 Å². The third kappa shape index (κ3) is 2.34. The van der Waals surface area contributed by atoms with Crippen molar-refractivity contribution >= 4 is 11.7 Å². The van der Waals surface area contributed by atoms with Crippen LogP contribution in [-0.2, 0) is 4.79 Å². The van der Waals surface area contributed by atoms with Gasteiger partial charge in [-0.3, -0.25) is 0 Å². The first kappa shape index (κ1) is 11.7. The zero-order chi connectivity index (χ0) is 12.5. The minimum atomic E-state index is -1.67. The Morgan fingerprint density at radius 3 is 2.53 bits per heavy atom. The van der Waals surface area contributed by atoms with Crippen LogP contribution in [0.2, 0.25) is 0 Å². The second kappa shape index (κ2) is 4.25. The van der Waals surface area contributed by atoms with E-state index in [1.54, 1.807) is 24.3 Å². The number of carboxylic acid groups (broad SMARTS) is 1. The Balaban J connectivity index is 2.17. The largest absolute Gasteiger partial charge is 0.508 e. The first-order valence-electron chi connectivity index (χ1n) is 5.51. The lowest BCUT2D eigenvalue weighted by Gasteiger charge is -2.37. The smallest absolute Gasteiger partial charge is 0.337 e. The molecule has 0 radical (unpaired) electrons. The van der Waals surface area contributed by atoms with E-state index in [1.807, 2.05) is 4.90 Å². The van der Waals surface area contributed by atoms with E-state index in [4.69, 9.17) is 5.11 Å². The minimum absolute atomic E-state index is 0.0765. The van der Waals surface area contributed by atoms with Crippen LogP contribution in [0.3, 0.4) is 0 Å². The molecule has 1 aromatic carbocycles. The molecule has 1 unspecified atom stereocenters. The van der Waals surface area contributed by atoms with Crippen LogP contribution in [0.4, 0.5) is 5.69 Å². The lowest BCUT2D eigenvalue weighted by atomic mass is 9.92. The number of benzene rings is 1. The predicted molar refractivity (Wildman–Crippen MR) is 62.1 cm³/mol. The molecule has 1 heterocycles. The van der Waals surface area contributed by atoms with E-state index in [0.717, 1.165) is 5.69 Å². The molecule has 1 fully saturated rings. The Labute approximate surface area is 98.9 Å². The van der Waals surface area contributed by atoms with Crippen molar-refractivity contribution in [3.8, 4) is 5.75 Å². The number of rotatable bonds is 2. The van der Waals surface area contributed by atoms with Crippen molar-refractivity contribution in [1.82, 2.24) is 0 Å². The average molecular weight is 237 g/mol. The summed E-state index contributed by atoms with van der Waals surface area (Å²) < 4.78 is 0. The van der Waals surface area contributed by atoms with Crippen LogP contribution < -0.4 is 4.90 Å². The van der Waals surface area contributed by atoms with Crippen LogP contribution in [0.15, 0.2) is 24.3 Å². The highest BCUT2D eigenvalue weighted by Gasteiger charge is 2.40. The van der Waals surface area contributed by atoms with Gasteiger partial charge in [0.15, 0.2) is 5.60 Å². The van der Waals surface area contributed by atoms with Gasteiger partial charge in [-0.15, -0.1) is 0 Å². The lowest BCUT2D eigenvalue weighted by Crippen LogP contribution is -2.53. The molecule has 17 heavy (non-hydrogen) atoms. The standard InChI is InChI=1S/C12H15NO4/c14-10-4-2-9(3-5-10)13-7-1-6-12(17,8-13)11(15)16/h2-5,14,17H,1,6-8H2,(H,15,16). The molecular formula is C12H15NO4. The van der Waals surface area contributed by atoms with Crippen LogP contribution in [-0.4, -0.2) is 40.0 Å². The van der Waals surface area contributed by atoms with Gasteiger partial charge < -0.3 is 20.2 Å². The molecule has 0 saturated carbocycles. The molecule has 3 N–H and O–H groups in total. The van der Waals surface area contributed by atoms with Crippen molar-refractivity contribution in [2.24, 2.45) is 0 Å². The number of phenolic OH excluding ortho intramolecular Hbond substituents is 1. The molecule has 2 rings (SSSR count). The highest BCUT2D eigenvalue weighted by atomic mass is 16.4. The lowest BCUT2D eigenvalue weighted by molar-refractivity contribution is -0.159. The number of anilines is 1. The van der Waals surface area contributed by atoms with Crippen LogP contribution in [0.1, 0.15) is 12.8 Å². The maximum atomic E-state index is 11.0. The second-order valence-electron chi connectivity index (χ2n) is 4.38. The molecule has 0 aliphatic carbocycles. The number of phenols is 1. The fourth-order valence-electron chi connectivity index (χ4n) is 2.09. The summed E-state index contributed by atoms with van der Waals surface area (Å²) in [5, 5.41) is 28.1. The summed E-state index contributed by atoms with van der Waals surface area (Å²) in [6, 6.07) is 6.51. The molecular weight excluding hydrogens is 222 g/mol. The number of aliphatic hydroxyl groups is 1. The third-order valence-corrected chi connectivity index (χ3v) is 3.08. The minimum Gasteiger partial charge on any atom is -0.508 e. The number of β-amino-alcohol motifs (C(OH)–C–C–N with tert-alkyl or cyclic N) is 1. The molecule has 92 valence electrons. The first-order chi connectivity index (χ1) is 8.01. The maximum Gasteiger partial charge on any atom is 0.337 e. The van der Waals surface area contributed by atoms with Gasteiger partial charge in [0, 0.05) is 12.2 Å². The third-order valence-electron chi connectivity index (χ3n) is 3.08. The molecule has 5 heteroatoms. The number of carboxylic acids is 1. The summed E-state index contributed by atoms with van der Waals surface area (Å²) in [6.07, 6.45) is 0.903. The van der Waals surface area contributed by atoms with Crippen LogP contribution >= 0.6 is 0 Å². The normalized spacial score (nSPS) is 24.6. The van der Waals surface area contributed by atoms with E-state index in [0.29, 0.717) is 13.0 Å². The Kier molecular flexibility index (Phi) is 2.93. The molecule has 0 amide bonds. The molecule has 1 aliphatic rings. The zero-order valence-electron chi connectivity index (χ0n) is 9.33. The number of aliphatic carboxylic acids is 1. The monoisotopic (exact) mass is 237 g/mol. The SMILES string of the molecule is O=C(O)C1(O)CCCN(c2ccc(O)cc2)C1. The van der Waals surface area contributed by atoms with Gasteiger partial charge in [0.05, 0.1) is 6.54 Å². The second-order valence-corrected chi connectivity index (χ2v) is 4.38. The van der Waals surface area contributed by atoms with Crippen LogP contribution in [0.5, 0.6) is 5.75 Å². The van der Waals surface area contributed by atoms with Crippen molar-refractivity contribution in [3.05, 3.63) is 24.3 Å². The molecule has 0 spiro atoms. The highest BCUT2D eigenvalue weighted by Crippen LogP contribution is 2.27. The maximum absolute atomic E-state index is 11.0. The van der Waals surface area contributed by atoms with Gasteiger partial charge >= 0.3 is 5.97 Å². The van der Waals surface area contributed by atoms with Gasteiger partial charge in [-0.25, -0.2) is 4.79 Å². The number of aromatic hydroxyl groups is 1. The van der Waals surface area contributed by atoms with Gasteiger partial charge in [-0.05, 0) is 37.1 Å². The number of carbonyl (C=O) groups is 1. The fraction of sp³-hybridized carbons (Fsp3) is 0.417. The molecule has 1 atom stereocenters. The van der Waals surface area contributed by atoms with E-state index in [1.165, 1.54) is 0 Å². The first-order valence-corrected chi connectivity index (χ1v) is 5.51. The summed E-state index contributed by atoms with van der Waals surface area (Å²) in [7, 11) is 0. The highest BCUT2D eigenvalue weighted by molar-refractivity contribution is 5.78. The summed E-state index contributed by atoms with van der Waals surface area (Å²) in [6.45, 7) is 0.785. The molecule has 1 aliphatic heterocycles. The Morgan fingerprint density at radius 1 is 1.29 bits per heavy atom. The fourth-order valence-corrected chi connectivity index (χ4v) is 2.09. The van der Waals surface area contributed by atoms with Crippen LogP contribution in [0, 0.1) is 0 Å². The quantitative estimate of drug-likeness (QED) is 0.709. The Hall–Kier alpha value is -1.75. The molecule has 1 aromatic rings. The van der Waals surface area contributed by atoms with Gasteiger partial charge in [0.2, 0.25) is 0 Å². The van der Waals surface area contributed by atoms with Gasteiger partial charge in [0.25, 0.3) is 0 Å². The summed E-state index contributed by atoms with van der Waals surface area (Å²) in [5.74, 6) is -1.01. The summed E-state index contributed by atoms with van der Waals surface area (Å²) in [5.41, 5.74) is -0.863. The van der Waals surface area contributed by atoms with Crippen molar-refractivity contribution in [1.29, 1.82) is 0 Å².